The van der Waals surface area contributed by atoms with Crippen LogP contribution < -0.4 is 10.0 Å². The number of anilines is 1. The van der Waals surface area contributed by atoms with Crippen molar-refractivity contribution in [2.45, 2.75) is 49.6 Å². The van der Waals surface area contributed by atoms with Crippen LogP contribution in [-0.2, 0) is 10.0 Å². The molecule has 0 spiro atoms. The molecule has 28 heavy (non-hydrogen) atoms. The first-order valence-electron chi connectivity index (χ1n) is 9.74. The number of hydrogen-bond donors (Lipinski definition) is 2. The molecule has 4 nitrogen and oxygen atoms in total. The summed E-state index contributed by atoms with van der Waals surface area (Å²) in [6.07, 6.45) is 5.96. The second-order valence-corrected chi connectivity index (χ2v) is 9.42. The van der Waals surface area contributed by atoms with Gasteiger partial charge in [-0.3, -0.25) is 0 Å². The Morgan fingerprint density at radius 2 is 1.96 bits per heavy atom. The Kier molecular flexibility index (Phi) is 5.02. The maximum Gasteiger partial charge on any atom is 0.240 e. The molecule has 6 heteroatoms. The van der Waals surface area contributed by atoms with Crippen LogP contribution >= 0.6 is 0 Å². The summed E-state index contributed by atoms with van der Waals surface area (Å²) in [6, 6.07) is 11.9. The van der Waals surface area contributed by atoms with E-state index in [1.54, 1.807) is 12.1 Å². The highest BCUT2D eigenvalue weighted by Gasteiger charge is 2.38. The molecule has 2 aliphatic rings. The van der Waals surface area contributed by atoms with Crippen molar-refractivity contribution in [3.8, 4) is 0 Å². The number of allylic oxidation sites excluding steroid dienone is 2. The first-order chi connectivity index (χ1) is 13.4. The zero-order valence-corrected chi connectivity index (χ0v) is 16.8. The molecule has 0 saturated carbocycles. The van der Waals surface area contributed by atoms with Crippen LogP contribution in [0.5, 0.6) is 0 Å². The zero-order chi connectivity index (χ0) is 19.9. The number of rotatable bonds is 5. The molecular weight excluding hydrogens is 375 g/mol. The first kappa shape index (κ1) is 19.2. The third kappa shape index (κ3) is 3.47. The van der Waals surface area contributed by atoms with Gasteiger partial charge in [-0.15, -0.1) is 0 Å². The van der Waals surface area contributed by atoms with Crippen LogP contribution in [0.2, 0.25) is 0 Å². The van der Waals surface area contributed by atoms with E-state index >= 15 is 0 Å². The highest BCUT2D eigenvalue weighted by molar-refractivity contribution is 7.89. The van der Waals surface area contributed by atoms with E-state index in [9.17, 15) is 12.8 Å². The van der Waals surface area contributed by atoms with Gasteiger partial charge < -0.3 is 5.32 Å². The second kappa shape index (κ2) is 7.33. The SMILES string of the molecule is CCC(C)NS(=O)(=O)c1ccc2c(c1)C1C=CCC1C(c1ccc(F)cc1)N2. The van der Waals surface area contributed by atoms with Crippen LogP contribution in [0.1, 0.15) is 49.8 Å². The normalized spacial score (nSPS) is 24.3. The van der Waals surface area contributed by atoms with Crippen molar-refractivity contribution >= 4 is 15.7 Å². The van der Waals surface area contributed by atoms with Crippen molar-refractivity contribution < 1.29 is 12.8 Å². The van der Waals surface area contributed by atoms with Gasteiger partial charge in [0, 0.05) is 17.6 Å². The van der Waals surface area contributed by atoms with Gasteiger partial charge in [0.15, 0.2) is 0 Å². The summed E-state index contributed by atoms with van der Waals surface area (Å²) in [5.74, 6) is 0.174. The predicted octanol–water partition coefficient (Wildman–Crippen LogP) is 4.73. The molecule has 4 unspecified atom stereocenters. The summed E-state index contributed by atoms with van der Waals surface area (Å²) in [4.78, 5) is 0.299. The smallest absolute Gasteiger partial charge is 0.240 e. The van der Waals surface area contributed by atoms with Crippen molar-refractivity contribution in [3.63, 3.8) is 0 Å². The Hall–Kier alpha value is -2.18. The van der Waals surface area contributed by atoms with Crippen LogP contribution in [0.15, 0.2) is 59.5 Å². The van der Waals surface area contributed by atoms with E-state index in [1.807, 2.05) is 32.0 Å². The van der Waals surface area contributed by atoms with Gasteiger partial charge in [0.1, 0.15) is 5.82 Å². The number of benzene rings is 2. The van der Waals surface area contributed by atoms with Gasteiger partial charge in [-0.2, -0.15) is 0 Å². The van der Waals surface area contributed by atoms with Gasteiger partial charge in [0.05, 0.1) is 10.9 Å². The Labute approximate surface area is 165 Å². The Morgan fingerprint density at radius 3 is 2.68 bits per heavy atom. The van der Waals surface area contributed by atoms with Crippen molar-refractivity contribution in [2.24, 2.45) is 5.92 Å². The van der Waals surface area contributed by atoms with Gasteiger partial charge in [0.2, 0.25) is 10.0 Å². The molecule has 0 aromatic heterocycles. The molecule has 2 aromatic carbocycles. The van der Waals surface area contributed by atoms with Gasteiger partial charge in [-0.25, -0.2) is 17.5 Å². The maximum atomic E-state index is 13.3. The minimum absolute atomic E-state index is 0.0637. The number of hydrogen-bond acceptors (Lipinski definition) is 3. The summed E-state index contributed by atoms with van der Waals surface area (Å²) in [6.45, 7) is 3.81. The van der Waals surface area contributed by atoms with Crippen LogP contribution in [-0.4, -0.2) is 14.5 Å². The average Bonchev–Trinajstić information content (AvgIpc) is 3.17. The van der Waals surface area contributed by atoms with E-state index in [-0.39, 0.29) is 29.7 Å². The molecule has 4 rings (SSSR count). The number of halogens is 1. The van der Waals surface area contributed by atoms with Crippen LogP contribution in [0.4, 0.5) is 10.1 Å². The molecule has 4 atom stereocenters. The van der Waals surface area contributed by atoms with E-state index in [2.05, 4.69) is 22.2 Å². The topological polar surface area (TPSA) is 58.2 Å². The van der Waals surface area contributed by atoms with Crippen molar-refractivity contribution in [3.05, 3.63) is 71.6 Å². The second-order valence-electron chi connectivity index (χ2n) is 7.71. The molecule has 1 aliphatic carbocycles. The highest BCUT2D eigenvalue weighted by Crippen LogP contribution is 2.50. The lowest BCUT2D eigenvalue weighted by Gasteiger charge is -2.37. The van der Waals surface area contributed by atoms with Gasteiger partial charge in [0.25, 0.3) is 0 Å². The third-order valence-corrected chi connectivity index (χ3v) is 7.43. The molecule has 2 aromatic rings. The van der Waals surface area contributed by atoms with E-state index in [1.165, 1.54) is 12.1 Å². The molecule has 1 heterocycles. The number of fused-ring (bicyclic) bond motifs is 3. The van der Waals surface area contributed by atoms with Gasteiger partial charge >= 0.3 is 0 Å². The van der Waals surface area contributed by atoms with E-state index in [0.29, 0.717) is 4.90 Å². The first-order valence-corrected chi connectivity index (χ1v) is 11.2. The minimum atomic E-state index is -3.55. The van der Waals surface area contributed by atoms with Gasteiger partial charge in [-0.1, -0.05) is 31.2 Å². The van der Waals surface area contributed by atoms with E-state index in [4.69, 9.17) is 0 Å². The summed E-state index contributed by atoms with van der Waals surface area (Å²) in [5.41, 5.74) is 2.98. The molecule has 0 saturated heterocycles. The fourth-order valence-electron chi connectivity index (χ4n) is 4.16. The fraction of sp³-hybridized carbons (Fsp3) is 0.364. The largest absolute Gasteiger partial charge is 0.378 e. The molecular formula is C22H25FN2O2S. The summed E-state index contributed by atoms with van der Waals surface area (Å²) >= 11 is 0. The maximum absolute atomic E-state index is 13.3. The lowest BCUT2D eigenvalue weighted by molar-refractivity contribution is 0.424. The predicted molar refractivity (Wildman–Crippen MR) is 109 cm³/mol. The Morgan fingerprint density at radius 1 is 1.21 bits per heavy atom. The van der Waals surface area contributed by atoms with Crippen LogP contribution in [0, 0.1) is 11.7 Å². The van der Waals surface area contributed by atoms with Crippen molar-refractivity contribution in [1.29, 1.82) is 0 Å². The number of nitrogens with one attached hydrogen (secondary N) is 2. The molecule has 0 bridgehead atoms. The van der Waals surface area contributed by atoms with Crippen molar-refractivity contribution in [1.82, 2.24) is 4.72 Å². The number of sulfonamides is 1. The van der Waals surface area contributed by atoms with Crippen LogP contribution in [0.25, 0.3) is 0 Å². The zero-order valence-electron chi connectivity index (χ0n) is 16.0. The molecule has 148 valence electrons. The van der Waals surface area contributed by atoms with E-state index in [0.717, 1.165) is 29.7 Å². The molecule has 2 N–H and O–H groups in total. The van der Waals surface area contributed by atoms with Crippen molar-refractivity contribution in [2.75, 3.05) is 5.32 Å². The lowest BCUT2D eigenvalue weighted by Crippen LogP contribution is -2.33. The lowest BCUT2D eigenvalue weighted by atomic mass is 9.77. The summed E-state index contributed by atoms with van der Waals surface area (Å²) in [7, 11) is -3.55. The van der Waals surface area contributed by atoms with E-state index < -0.39 is 10.0 Å². The Balaban J connectivity index is 1.70. The quantitative estimate of drug-likeness (QED) is 0.714. The summed E-state index contributed by atoms with van der Waals surface area (Å²) in [5, 5.41) is 3.56. The third-order valence-electron chi connectivity index (χ3n) is 5.84. The van der Waals surface area contributed by atoms with Crippen LogP contribution in [0.3, 0.4) is 0 Å². The summed E-state index contributed by atoms with van der Waals surface area (Å²) < 4.78 is 41.5. The molecule has 1 aliphatic heterocycles. The minimum Gasteiger partial charge on any atom is -0.378 e. The highest BCUT2D eigenvalue weighted by atomic mass is 32.2. The fourth-order valence-corrected chi connectivity index (χ4v) is 5.52. The van der Waals surface area contributed by atoms with Gasteiger partial charge in [-0.05, 0) is 67.1 Å². The molecule has 0 radical (unpaired) electrons. The Bertz CT molecular complexity index is 1000. The molecule has 0 fully saturated rings. The standard InChI is InChI=1S/C22H25FN2O2S/c1-3-14(2)25-28(26,27)17-11-12-21-20(13-17)18-5-4-6-19(18)22(24-21)15-7-9-16(23)10-8-15/h4-5,7-14,18-19,22,24-25H,3,6H2,1-2H3. The molecule has 0 amide bonds. The average molecular weight is 401 g/mol. The monoisotopic (exact) mass is 400 g/mol.